The number of methoxy groups -OCH3 is 1. The molecule has 0 saturated carbocycles. The Morgan fingerprint density at radius 3 is 2.42 bits per heavy atom. The first-order valence-electron chi connectivity index (χ1n) is 11.0. The Morgan fingerprint density at radius 1 is 1.11 bits per heavy atom. The van der Waals surface area contributed by atoms with Gasteiger partial charge >= 0.3 is 0 Å². The lowest BCUT2D eigenvalue weighted by Gasteiger charge is -2.22. The van der Waals surface area contributed by atoms with Gasteiger partial charge in [-0.3, -0.25) is 14.6 Å². The van der Waals surface area contributed by atoms with Crippen LogP contribution < -0.4 is 31.6 Å². The zero-order valence-corrected chi connectivity index (χ0v) is 22.4. The molecule has 196 valence electrons. The van der Waals surface area contributed by atoms with Crippen molar-refractivity contribution in [3.05, 3.63) is 58.6 Å². The molecule has 0 radical (unpaired) electrons. The minimum atomic E-state index is -4.19. The summed E-state index contributed by atoms with van der Waals surface area (Å²) in [5.74, 6) is -1.11. The van der Waals surface area contributed by atoms with E-state index in [1.54, 1.807) is 30.3 Å². The second-order valence-electron chi connectivity index (χ2n) is 7.80. The molecule has 0 aliphatic heterocycles. The molecule has 2 atom stereocenters. The summed E-state index contributed by atoms with van der Waals surface area (Å²) in [6, 6.07) is 11.3. The van der Waals surface area contributed by atoms with E-state index in [1.807, 2.05) is 6.07 Å². The lowest BCUT2D eigenvalue weighted by molar-refractivity contribution is -0.128. The van der Waals surface area contributed by atoms with Crippen molar-refractivity contribution >= 4 is 43.7 Å². The van der Waals surface area contributed by atoms with Gasteiger partial charge in [0.1, 0.15) is 22.7 Å². The number of ether oxygens (including phenoxy) is 1. The molecule has 11 nitrogen and oxygen atoms in total. The largest absolute Gasteiger partial charge is 0.495 e. The van der Waals surface area contributed by atoms with Gasteiger partial charge in [0.05, 0.1) is 7.11 Å². The van der Waals surface area contributed by atoms with E-state index in [9.17, 15) is 18.0 Å². The smallest absolute Gasteiger partial charge is 0.245 e. The molecule has 13 heteroatoms. The van der Waals surface area contributed by atoms with Crippen molar-refractivity contribution in [3.63, 3.8) is 0 Å². The van der Waals surface area contributed by atoms with E-state index in [0.717, 1.165) is 5.56 Å². The third kappa shape index (κ3) is 8.81. The summed E-state index contributed by atoms with van der Waals surface area (Å²) < 4.78 is 34.6. The van der Waals surface area contributed by atoms with Crippen molar-refractivity contribution in [2.75, 3.05) is 20.7 Å². The summed E-state index contributed by atoms with van der Waals surface area (Å²) >= 11 is 3.26. The number of sulfonamides is 1. The van der Waals surface area contributed by atoms with Crippen LogP contribution in [0.2, 0.25) is 0 Å². The number of nitrogens with zero attached hydrogens (tertiary/aromatic N) is 1. The summed E-state index contributed by atoms with van der Waals surface area (Å²) in [6.07, 6.45) is 0.625. The quantitative estimate of drug-likeness (QED) is 0.130. The minimum absolute atomic E-state index is 0.0994. The summed E-state index contributed by atoms with van der Waals surface area (Å²) in [7, 11) is -1.32. The number of amides is 2. The van der Waals surface area contributed by atoms with Gasteiger partial charge in [0.25, 0.3) is 0 Å². The highest BCUT2D eigenvalue weighted by molar-refractivity contribution is 9.10. The van der Waals surface area contributed by atoms with Crippen LogP contribution in [0.25, 0.3) is 0 Å². The Labute approximate surface area is 219 Å². The molecule has 0 aliphatic rings. The maximum Gasteiger partial charge on any atom is 0.245 e. The SMILES string of the molecule is CN=C(N)NCCC[C@H](NS(=O)(=O)c1cc(Br)ccc1OC)C(=O)N[C@@H](Cc1ccccc1)C(N)=O. The van der Waals surface area contributed by atoms with E-state index < -0.39 is 33.9 Å². The monoisotopic (exact) mass is 582 g/mol. The van der Waals surface area contributed by atoms with Crippen molar-refractivity contribution in [1.82, 2.24) is 15.4 Å². The standard InChI is InChI=1S/C23H31BrN6O5S/c1-27-23(26)28-12-6-9-17(30-36(33,34)20-14-16(24)10-11-19(20)35-2)22(32)29-18(21(25)31)13-15-7-4-3-5-8-15/h3-5,7-8,10-11,14,17-18,30H,6,9,12-13H2,1-2H3,(H2,25,31)(H,29,32)(H3,26,27,28)/t17-,18-/m0/s1. The Balaban J connectivity index is 2.26. The summed E-state index contributed by atoms with van der Waals surface area (Å²) in [4.78, 5) is 28.9. The average molecular weight is 584 g/mol. The maximum atomic E-state index is 13.2. The fraction of sp³-hybridized carbons (Fsp3) is 0.348. The molecule has 0 spiro atoms. The van der Waals surface area contributed by atoms with Crippen molar-refractivity contribution in [2.24, 2.45) is 16.5 Å². The fourth-order valence-electron chi connectivity index (χ4n) is 3.30. The Kier molecular flexibility index (Phi) is 11.1. The van der Waals surface area contributed by atoms with Crippen LogP contribution in [0.4, 0.5) is 0 Å². The molecule has 0 aromatic heterocycles. The minimum Gasteiger partial charge on any atom is -0.495 e. The van der Waals surface area contributed by atoms with Crippen LogP contribution in [0, 0.1) is 0 Å². The van der Waals surface area contributed by atoms with E-state index in [-0.39, 0.29) is 29.4 Å². The summed E-state index contributed by atoms with van der Waals surface area (Å²) in [6.45, 7) is 0.345. The van der Waals surface area contributed by atoms with Crippen LogP contribution in [0.1, 0.15) is 18.4 Å². The second-order valence-corrected chi connectivity index (χ2v) is 10.4. The van der Waals surface area contributed by atoms with Crippen molar-refractivity contribution < 1.29 is 22.7 Å². The van der Waals surface area contributed by atoms with Crippen molar-refractivity contribution in [3.8, 4) is 5.75 Å². The zero-order valence-electron chi connectivity index (χ0n) is 20.0. The molecule has 0 aliphatic carbocycles. The number of halogens is 1. The van der Waals surface area contributed by atoms with Crippen LogP contribution >= 0.6 is 15.9 Å². The van der Waals surface area contributed by atoms with Crippen molar-refractivity contribution in [1.29, 1.82) is 0 Å². The summed E-state index contributed by atoms with van der Waals surface area (Å²) in [5, 5.41) is 5.45. The molecule has 2 rings (SSSR count). The molecule has 2 amide bonds. The average Bonchev–Trinajstić information content (AvgIpc) is 2.85. The second kappa shape index (κ2) is 13.8. The fourth-order valence-corrected chi connectivity index (χ4v) is 5.24. The lowest BCUT2D eigenvalue weighted by atomic mass is 10.0. The Bertz CT molecular complexity index is 1180. The zero-order chi connectivity index (χ0) is 26.7. The predicted octanol–water partition coefficient (Wildman–Crippen LogP) is 0.632. The number of nitrogens with two attached hydrogens (primary N) is 2. The van der Waals surface area contributed by atoms with Crippen LogP contribution in [-0.2, 0) is 26.0 Å². The van der Waals surface area contributed by atoms with Crippen LogP contribution in [0.5, 0.6) is 5.75 Å². The number of guanidine groups is 1. The van der Waals surface area contributed by atoms with Gasteiger partial charge in [0.15, 0.2) is 5.96 Å². The first kappa shape index (κ1) is 29.1. The van der Waals surface area contributed by atoms with Gasteiger partial charge in [-0.25, -0.2) is 8.42 Å². The number of hydrogen-bond donors (Lipinski definition) is 5. The van der Waals surface area contributed by atoms with E-state index in [2.05, 4.69) is 36.3 Å². The normalized spacial score (nSPS) is 13.5. The number of primary amides is 1. The first-order chi connectivity index (χ1) is 17.1. The number of carbonyl (C=O) groups excluding carboxylic acids is 2. The first-order valence-corrected chi connectivity index (χ1v) is 13.3. The van der Waals surface area contributed by atoms with E-state index >= 15 is 0 Å². The van der Waals surface area contributed by atoms with E-state index in [1.165, 1.54) is 26.3 Å². The van der Waals surface area contributed by atoms with Crippen LogP contribution in [0.3, 0.4) is 0 Å². The molecular formula is C23H31BrN6O5S. The summed E-state index contributed by atoms with van der Waals surface area (Å²) in [5.41, 5.74) is 11.9. The van der Waals surface area contributed by atoms with Gasteiger partial charge in [0, 0.05) is 24.5 Å². The molecule has 0 unspecified atom stereocenters. The number of aliphatic imine (C=N–C) groups is 1. The van der Waals surface area contributed by atoms with Gasteiger partial charge in [-0.05, 0) is 36.6 Å². The molecule has 0 saturated heterocycles. The molecular weight excluding hydrogens is 552 g/mol. The van der Waals surface area contributed by atoms with Crippen LogP contribution in [0.15, 0.2) is 62.9 Å². The molecule has 2 aromatic rings. The number of rotatable bonds is 13. The van der Waals surface area contributed by atoms with Crippen LogP contribution in [-0.4, -0.2) is 59.0 Å². The molecule has 36 heavy (non-hydrogen) atoms. The van der Waals surface area contributed by atoms with Gasteiger partial charge in [-0.1, -0.05) is 46.3 Å². The van der Waals surface area contributed by atoms with Gasteiger partial charge in [0.2, 0.25) is 21.8 Å². The number of hydrogen-bond acceptors (Lipinski definition) is 6. The molecule has 2 aromatic carbocycles. The van der Waals surface area contributed by atoms with E-state index in [4.69, 9.17) is 16.2 Å². The number of nitrogens with one attached hydrogen (secondary N) is 3. The third-order valence-electron chi connectivity index (χ3n) is 5.19. The lowest BCUT2D eigenvalue weighted by Crippen LogP contribution is -2.53. The molecule has 0 bridgehead atoms. The van der Waals surface area contributed by atoms with Crippen molar-refractivity contribution in [2.45, 2.75) is 36.2 Å². The van der Waals surface area contributed by atoms with Gasteiger partial charge in [-0.15, -0.1) is 0 Å². The highest BCUT2D eigenvalue weighted by atomic mass is 79.9. The molecule has 0 heterocycles. The number of carbonyl (C=O) groups is 2. The highest BCUT2D eigenvalue weighted by Gasteiger charge is 2.30. The molecule has 0 fully saturated rings. The van der Waals surface area contributed by atoms with Gasteiger partial charge in [-0.2, -0.15) is 4.72 Å². The topological polar surface area (TPSA) is 178 Å². The third-order valence-corrected chi connectivity index (χ3v) is 7.17. The van der Waals surface area contributed by atoms with Gasteiger partial charge < -0.3 is 26.8 Å². The Hall–Kier alpha value is -3.16. The molecule has 7 N–H and O–H groups in total. The van der Waals surface area contributed by atoms with E-state index in [0.29, 0.717) is 17.4 Å². The maximum absolute atomic E-state index is 13.2. The predicted molar refractivity (Wildman–Crippen MR) is 141 cm³/mol. The Morgan fingerprint density at radius 2 is 1.81 bits per heavy atom. The highest BCUT2D eigenvalue weighted by Crippen LogP contribution is 2.27. The number of benzene rings is 2.